The van der Waals surface area contributed by atoms with E-state index in [4.69, 9.17) is 0 Å². The third kappa shape index (κ3) is 0.990. The predicted molar refractivity (Wildman–Crippen MR) is 29.1 cm³/mol. The van der Waals surface area contributed by atoms with Crippen molar-refractivity contribution in [1.29, 1.82) is 0 Å². The molecule has 1 rings (SSSR count). The van der Waals surface area contributed by atoms with Gasteiger partial charge in [0.1, 0.15) is 0 Å². The summed E-state index contributed by atoms with van der Waals surface area (Å²) in [5, 5.41) is 3.10. The average molecular weight is 149 g/mol. The van der Waals surface area contributed by atoms with Crippen LogP contribution in [0.3, 0.4) is 0 Å². The van der Waals surface area contributed by atoms with Crippen LogP contribution in [0.2, 0.25) is 10.6 Å². The molecule has 1 aliphatic rings. The predicted octanol–water partition coefficient (Wildman–Crippen LogP) is 1.57. The van der Waals surface area contributed by atoms with Crippen molar-refractivity contribution in [3.63, 3.8) is 0 Å². The monoisotopic (exact) mass is 150 g/mol. The van der Waals surface area contributed by atoms with Crippen LogP contribution in [-0.4, -0.2) is 15.0 Å². The van der Waals surface area contributed by atoms with Crippen LogP contribution in [0.15, 0.2) is 0 Å². The fourth-order valence-corrected chi connectivity index (χ4v) is 3.39. The maximum absolute atomic E-state index is 2.36. The van der Waals surface area contributed by atoms with E-state index in [1.165, 1.54) is 6.42 Å². The van der Waals surface area contributed by atoms with Crippen LogP contribution in [0, 0.1) is 5.92 Å². The molecule has 0 radical (unpaired) electrons. The molecule has 1 saturated heterocycles. The van der Waals surface area contributed by atoms with Crippen molar-refractivity contribution in [2.24, 2.45) is 5.92 Å². The minimum atomic E-state index is 1.04. The topological polar surface area (TPSA) is 0 Å². The zero-order valence-electron chi connectivity index (χ0n) is 4.11. The van der Waals surface area contributed by atoms with Crippen molar-refractivity contribution < 1.29 is 0 Å². The van der Waals surface area contributed by atoms with E-state index in [9.17, 15) is 0 Å². The summed E-state index contributed by atoms with van der Waals surface area (Å²) >= 11 is 1.04. The first-order valence-electron chi connectivity index (χ1n) is 2.47. The molecular formula is C5H10Se. The van der Waals surface area contributed by atoms with Gasteiger partial charge in [-0.05, 0) is 0 Å². The van der Waals surface area contributed by atoms with Crippen molar-refractivity contribution in [3.05, 3.63) is 0 Å². The van der Waals surface area contributed by atoms with Gasteiger partial charge < -0.3 is 0 Å². The van der Waals surface area contributed by atoms with E-state index in [-0.39, 0.29) is 0 Å². The second kappa shape index (κ2) is 1.99. The molecule has 0 aliphatic carbocycles. The Balaban J connectivity index is 2.18. The Morgan fingerprint density at radius 2 is 2.50 bits per heavy atom. The van der Waals surface area contributed by atoms with Gasteiger partial charge in [0.2, 0.25) is 0 Å². The second-order valence-corrected chi connectivity index (χ2v) is 4.38. The van der Waals surface area contributed by atoms with Gasteiger partial charge in [0.05, 0.1) is 0 Å². The minimum absolute atomic E-state index is 1.04. The molecule has 0 aromatic rings. The summed E-state index contributed by atoms with van der Waals surface area (Å²) in [6, 6.07) is 0. The van der Waals surface area contributed by atoms with Gasteiger partial charge in [0.15, 0.2) is 0 Å². The molecular weight excluding hydrogens is 139 g/mol. The zero-order valence-corrected chi connectivity index (χ0v) is 5.82. The first-order valence-corrected chi connectivity index (χ1v) is 4.89. The zero-order chi connectivity index (χ0) is 4.41. The Kier molecular flexibility index (Phi) is 1.55. The van der Waals surface area contributed by atoms with Crippen LogP contribution < -0.4 is 0 Å². The van der Waals surface area contributed by atoms with E-state index in [1.54, 1.807) is 10.6 Å². The molecule has 36 valence electrons. The van der Waals surface area contributed by atoms with Gasteiger partial charge in [-0.3, -0.25) is 0 Å². The molecule has 0 saturated carbocycles. The van der Waals surface area contributed by atoms with Gasteiger partial charge in [-0.1, -0.05) is 0 Å². The standard InChI is InChI=1S/C5H10Se/c1-5-2-3-6-4-5/h5H,2-4H2,1H3/t5-/m0/s1. The summed E-state index contributed by atoms with van der Waals surface area (Å²) in [7, 11) is 0. The molecule has 0 amide bonds. The van der Waals surface area contributed by atoms with Gasteiger partial charge in [-0.25, -0.2) is 0 Å². The number of rotatable bonds is 0. The van der Waals surface area contributed by atoms with Crippen LogP contribution in [0.4, 0.5) is 0 Å². The Morgan fingerprint density at radius 3 is 2.67 bits per heavy atom. The third-order valence-corrected chi connectivity index (χ3v) is 3.95. The fourth-order valence-electron chi connectivity index (χ4n) is 0.652. The first-order chi connectivity index (χ1) is 2.89. The molecule has 0 spiro atoms. The summed E-state index contributed by atoms with van der Waals surface area (Å²) in [6.45, 7) is 2.36. The van der Waals surface area contributed by atoms with E-state index in [0.29, 0.717) is 0 Å². The first kappa shape index (κ1) is 4.67. The van der Waals surface area contributed by atoms with Crippen molar-refractivity contribution in [3.8, 4) is 0 Å². The molecule has 0 bridgehead atoms. The second-order valence-electron chi connectivity index (χ2n) is 1.97. The molecule has 1 heteroatoms. The molecule has 1 heterocycles. The van der Waals surface area contributed by atoms with Gasteiger partial charge in [-0.2, -0.15) is 0 Å². The maximum atomic E-state index is 2.36. The van der Waals surface area contributed by atoms with Gasteiger partial charge >= 0.3 is 44.9 Å². The molecule has 1 atom stereocenters. The third-order valence-electron chi connectivity index (χ3n) is 1.16. The van der Waals surface area contributed by atoms with Crippen LogP contribution in [0.1, 0.15) is 13.3 Å². The molecule has 0 unspecified atom stereocenters. The van der Waals surface area contributed by atoms with Crippen molar-refractivity contribution in [2.45, 2.75) is 24.0 Å². The molecule has 6 heavy (non-hydrogen) atoms. The Bertz CT molecular complexity index is 37.2. The van der Waals surface area contributed by atoms with E-state index in [0.717, 1.165) is 20.9 Å². The summed E-state index contributed by atoms with van der Waals surface area (Å²) in [6.07, 6.45) is 1.51. The van der Waals surface area contributed by atoms with Crippen molar-refractivity contribution in [2.75, 3.05) is 0 Å². The van der Waals surface area contributed by atoms with Crippen LogP contribution >= 0.6 is 0 Å². The summed E-state index contributed by atoms with van der Waals surface area (Å²) in [4.78, 5) is 0. The van der Waals surface area contributed by atoms with Crippen LogP contribution in [0.25, 0.3) is 0 Å². The molecule has 0 aromatic heterocycles. The van der Waals surface area contributed by atoms with E-state index < -0.39 is 0 Å². The Labute approximate surface area is 45.5 Å². The molecule has 1 aliphatic heterocycles. The van der Waals surface area contributed by atoms with Crippen molar-refractivity contribution in [1.82, 2.24) is 0 Å². The Hall–Kier alpha value is 0.519. The SMILES string of the molecule is C[C@H]1CC[Se]C1. The molecule has 0 aromatic carbocycles. The van der Waals surface area contributed by atoms with E-state index in [2.05, 4.69) is 6.92 Å². The normalized spacial score (nSPS) is 34.5. The van der Waals surface area contributed by atoms with Gasteiger partial charge in [0, 0.05) is 0 Å². The van der Waals surface area contributed by atoms with E-state index in [1.807, 2.05) is 0 Å². The van der Waals surface area contributed by atoms with Gasteiger partial charge in [-0.15, -0.1) is 0 Å². The summed E-state index contributed by atoms with van der Waals surface area (Å²) in [5.41, 5.74) is 0. The van der Waals surface area contributed by atoms with Crippen LogP contribution in [0.5, 0.6) is 0 Å². The summed E-state index contributed by atoms with van der Waals surface area (Å²) in [5.74, 6) is 1.07. The molecule has 1 fully saturated rings. The number of hydrogen-bond acceptors (Lipinski definition) is 0. The average Bonchev–Trinajstić information content (AvgIpc) is 1.86. The quantitative estimate of drug-likeness (QED) is 0.458. The molecule has 0 N–H and O–H groups in total. The molecule has 0 nitrogen and oxygen atoms in total. The van der Waals surface area contributed by atoms with Crippen molar-refractivity contribution >= 4 is 15.0 Å². The fraction of sp³-hybridized carbons (Fsp3) is 1.00. The summed E-state index contributed by atoms with van der Waals surface area (Å²) < 4.78 is 0. The van der Waals surface area contributed by atoms with Gasteiger partial charge in [0.25, 0.3) is 0 Å². The van der Waals surface area contributed by atoms with Crippen LogP contribution in [-0.2, 0) is 0 Å². The Morgan fingerprint density at radius 1 is 1.67 bits per heavy atom. The van der Waals surface area contributed by atoms with E-state index >= 15 is 0 Å². The number of hydrogen-bond donors (Lipinski definition) is 0.